The van der Waals surface area contributed by atoms with E-state index in [0.29, 0.717) is 11.5 Å². The molecule has 2 unspecified atom stereocenters. The maximum atomic E-state index is 6.18. The van der Waals surface area contributed by atoms with Crippen LogP contribution in [0.25, 0.3) is 0 Å². The van der Waals surface area contributed by atoms with Gasteiger partial charge in [-0.2, -0.15) is 0 Å². The van der Waals surface area contributed by atoms with E-state index in [1.165, 1.54) is 51.4 Å². The molecule has 0 aromatic rings. The maximum absolute atomic E-state index is 6.18. The van der Waals surface area contributed by atoms with Gasteiger partial charge in [0.2, 0.25) is 0 Å². The zero-order valence-electron chi connectivity index (χ0n) is 10.5. The Balaban J connectivity index is 1.72. The van der Waals surface area contributed by atoms with E-state index in [2.05, 4.69) is 22.9 Å². The van der Waals surface area contributed by atoms with Crippen molar-refractivity contribution in [1.82, 2.24) is 0 Å². The van der Waals surface area contributed by atoms with Gasteiger partial charge in [-0.1, -0.05) is 48.5 Å². The van der Waals surface area contributed by atoms with Gasteiger partial charge in [-0.25, -0.2) is 0 Å². The van der Waals surface area contributed by atoms with Crippen LogP contribution in [0.4, 0.5) is 0 Å². The van der Waals surface area contributed by atoms with Crippen LogP contribution >= 0.6 is 15.9 Å². The Labute approximate surface area is 108 Å². The largest absolute Gasteiger partial charge is 0.378 e. The molecule has 2 saturated carbocycles. The molecule has 0 saturated heterocycles. The first-order valence-corrected chi connectivity index (χ1v) is 8.08. The number of hydrogen-bond acceptors (Lipinski definition) is 1. The Morgan fingerprint density at radius 3 is 2.62 bits per heavy atom. The molecule has 2 fully saturated rings. The molecule has 2 heteroatoms. The highest BCUT2D eigenvalue weighted by Crippen LogP contribution is 2.43. The minimum atomic E-state index is 0.499. The van der Waals surface area contributed by atoms with Gasteiger partial charge < -0.3 is 4.74 Å². The molecule has 16 heavy (non-hydrogen) atoms. The average Bonchev–Trinajstić information content (AvgIpc) is 2.29. The monoisotopic (exact) mass is 288 g/mol. The van der Waals surface area contributed by atoms with E-state index in [4.69, 9.17) is 4.74 Å². The van der Waals surface area contributed by atoms with Gasteiger partial charge in [0.1, 0.15) is 0 Å². The summed E-state index contributed by atoms with van der Waals surface area (Å²) in [6, 6.07) is 0. The van der Waals surface area contributed by atoms with E-state index in [0.717, 1.165) is 17.9 Å². The molecule has 2 rings (SSSR count). The van der Waals surface area contributed by atoms with Gasteiger partial charge in [0.15, 0.2) is 0 Å². The molecule has 0 bridgehead atoms. The predicted octanol–water partition coefficient (Wildman–Crippen LogP) is 4.54. The van der Waals surface area contributed by atoms with Crippen LogP contribution < -0.4 is 0 Å². The van der Waals surface area contributed by atoms with Crippen molar-refractivity contribution in [3.63, 3.8) is 0 Å². The lowest BCUT2D eigenvalue weighted by Crippen LogP contribution is -2.38. The summed E-state index contributed by atoms with van der Waals surface area (Å²) in [6.07, 6.45) is 11.5. The Morgan fingerprint density at radius 1 is 1.25 bits per heavy atom. The van der Waals surface area contributed by atoms with E-state index in [9.17, 15) is 0 Å². The molecule has 94 valence electrons. The summed E-state index contributed by atoms with van der Waals surface area (Å²) < 4.78 is 6.18. The molecule has 0 radical (unpaired) electrons. The van der Waals surface area contributed by atoms with Gasteiger partial charge in [0.05, 0.1) is 12.7 Å². The summed E-state index contributed by atoms with van der Waals surface area (Å²) in [5.41, 5.74) is 0.499. The third-order valence-corrected chi connectivity index (χ3v) is 5.82. The van der Waals surface area contributed by atoms with Crippen LogP contribution in [0.15, 0.2) is 0 Å². The number of ether oxygens (including phenoxy) is 1. The Kier molecular flexibility index (Phi) is 4.72. The smallest absolute Gasteiger partial charge is 0.0578 e. The molecule has 2 aliphatic carbocycles. The van der Waals surface area contributed by atoms with Crippen molar-refractivity contribution in [2.75, 3.05) is 11.9 Å². The highest BCUT2D eigenvalue weighted by atomic mass is 79.9. The van der Waals surface area contributed by atoms with Crippen LogP contribution in [0.5, 0.6) is 0 Å². The molecule has 0 heterocycles. The van der Waals surface area contributed by atoms with Crippen molar-refractivity contribution >= 4 is 15.9 Å². The van der Waals surface area contributed by atoms with Gasteiger partial charge in [0.25, 0.3) is 0 Å². The van der Waals surface area contributed by atoms with Crippen LogP contribution in [0.1, 0.15) is 58.3 Å². The number of hydrogen-bond donors (Lipinski definition) is 0. The molecule has 0 aromatic carbocycles. The van der Waals surface area contributed by atoms with Crippen LogP contribution in [-0.2, 0) is 4.74 Å². The van der Waals surface area contributed by atoms with Gasteiger partial charge in [-0.3, -0.25) is 0 Å². The van der Waals surface area contributed by atoms with Gasteiger partial charge in [0, 0.05) is 10.7 Å². The lowest BCUT2D eigenvalue weighted by atomic mass is 9.71. The first kappa shape index (κ1) is 12.9. The summed E-state index contributed by atoms with van der Waals surface area (Å²) >= 11 is 3.65. The fraction of sp³-hybridized carbons (Fsp3) is 1.00. The van der Waals surface area contributed by atoms with Crippen molar-refractivity contribution in [2.45, 2.75) is 64.4 Å². The third-order valence-electron chi connectivity index (χ3n) is 4.63. The van der Waals surface area contributed by atoms with E-state index < -0.39 is 0 Å². The van der Waals surface area contributed by atoms with Crippen LogP contribution in [-0.4, -0.2) is 18.0 Å². The number of halogens is 1. The lowest BCUT2D eigenvalue weighted by Gasteiger charge is -2.41. The van der Waals surface area contributed by atoms with E-state index in [1.54, 1.807) is 0 Å². The van der Waals surface area contributed by atoms with Gasteiger partial charge >= 0.3 is 0 Å². The lowest BCUT2D eigenvalue weighted by molar-refractivity contribution is -0.0526. The molecule has 0 spiro atoms. The second-order valence-corrected chi connectivity index (χ2v) is 6.42. The predicted molar refractivity (Wildman–Crippen MR) is 72.1 cm³/mol. The van der Waals surface area contributed by atoms with E-state index in [1.807, 2.05) is 0 Å². The van der Waals surface area contributed by atoms with E-state index >= 15 is 0 Å². The zero-order chi connectivity index (χ0) is 11.4. The molecule has 1 nitrogen and oxygen atoms in total. The van der Waals surface area contributed by atoms with Crippen LogP contribution in [0.2, 0.25) is 0 Å². The minimum absolute atomic E-state index is 0.499. The van der Waals surface area contributed by atoms with Crippen molar-refractivity contribution in [3.05, 3.63) is 0 Å². The fourth-order valence-corrected chi connectivity index (χ4v) is 3.77. The highest BCUT2D eigenvalue weighted by molar-refractivity contribution is 9.09. The van der Waals surface area contributed by atoms with Crippen LogP contribution in [0.3, 0.4) is 0 Å². The molecule has 0 aliphatic heterocycles. The Morgan fingerprint density at radius 2 is 2.06 bits per heavy atom. The molecule has 0 aromatic heterocycles. The summed E-state index contributed by atoms with van der Waals surface area (Å²) in [5.74, 6) is 0.931. The third kappa shape index (κ3) is 3.01. The molecule has 2 atom stereocenters. The average molecular weight is 289 g/mol. The molecular formula is C14H25BrO. The Hall–Kier alpha value is 0.440. The second kappa shape index (κ2) is 5.86. The van der Waals surface area contributed by atoms with Crippen molar-refractivity contribution in [1.29, 1.82) is 0 Å². The summed E-state index contributed by atoms with van der Waals surface area (Å²) in [7, 11) is 0. The van der Waals surface area contributed by atoms with Crippen molar-refractivity contribution in [3.8, 4) is 0 Å². The summed E-state index contributed by atoms with van der Waals surface area (Å²) in [4.78, 5) is 0. The van der Waals surface area contributed by atoms with Gasteiger partial charge in [-0.05, 0) is 31.6 Å². The highest BCUT2D eigenvalue weighted by Gasteiger charge is 2.37. The minimum Gasteiger partial charge on any atom is -0.378 e. The first-order chi connectivity index (χ1) is 7.78. The Bertz CT molecular complexity index is 207. The second-order valence-electron chi connectivity index (χ2n) is 5.86. The topological polar surface area (TPSA) is 9.23 Å². The molecular weight excluding hydrogens is 264 g/mol. The van der Waals surface area contributed by atoms with Crippen molar-refractivity contribution < 1.29 is 4.74 Å². The quantitative estimate of drug-likeness (QED) is 0.675. The normalized spacial score (nSPS) is 33.4. The molecule has 0 amide bonds. The van der Waals surface area contributed by atoms with Crippen LogP contribution in [0, 0.1) is 11.3 Å². The fourth-order valence-electron chi connectivity index (χ4n) is 3.05. The van der Waals surface area contributed by atoms with Crippen molar-refractivity contribution in [2.24, 2.45) is 11.3 Å². The molecule has 2 aliphatic rings. The number of alkyl halides is 1. The maximum Gasteiger partial charge on any atom is 0.0578 e. The SMILES string of the molecule is CCC1CCCC(OCC2(CBr)CCC2)C1. The standard InChI is InChI=1S/C14H25BrO/c1-2-12-5-3-6-13(9-12)16-11-14(10-15)7-4-8-14/h12-13H,2-11H2,1H3. The summed E-state index contributed by atoms with van der Waals surface area (Å²) in [5, 5.41) is 1.13. The number of rotatable bonds is 5. The zero-order valence-corrected chi connectivity index (χ0v) is 12.1. The summed E-state index contributed by atoms with van der Waals surface area (Å²) in [6.45, 7) is 3.32. The molecule has 0 N–H and O–H groups in total. The van der Waals surface area contributed by atoms with E-state index in [-0.39, 0.29) is 0 Å². The first-order valence-electron chi connectivity index (χ1n) is 6.95. The van der Waals surface area contributed by atoms with Gasteiger partial charge in [-0.15, -0.1) is 0 Å².